The van der Waals surface area contributed by atoms with E-state index in [9.17, 15) is 18.0 Å². The van der Waals surface area contributed by atoms with Gasteiger partial charge in [0, 0.05) is 31.2 Å². The SMILES string of the molecule is Cc1noc(C)c1NC(=O)N1CCC(CNc2nccc3nc(C(F)(F)F)ccc23)CC1. The van der Waals surface area contributed by atoms with Crippen molar-refractivity contribution in [2.75, 3.05) is 30.3 Å². The van der Waals surface area contributed by atoms with Gasteiger partial charge >= 0.3 is 12.2 Å². The zero-order valence-corrected chi connectivity index (χ0v) is 17.7. The van der Waals surface area contributed by atoms with E-state index in [4.69, 9.17) is 4.52 Å². The Morgan fingerprint density at radius 1 is 1.22 bits per heavy atom. The van der Waals surface area contributed by atoms with Gasteiger partial charge in [-0.2, -0.15) is 13.2 Å². The van der Waals surface area contributed by atoms with Gasteiger partial charge in [0.25, 0.3) is 0 Å². The number of aromatic nitrogens is 3. The van der Waals surface area contributed by atoms with Crippen LogP contribution in [-0.2, 0) is 6.18 Å². The molecule has 8 nitrogen and oxygen atoms in total. The van der Waals surface area contributed by atoms with Crippen LogP contribution in [0.15, 0.2) is 28.9 Å². The fourth-order valence-electron chi connectivity index (χ4n) is 3.78. The van der Waals surface area contributed by atoms with Crippen LogP contribution in [0.3, 0.4) is 0 Å². The van der Waals surface area contributed by atoms with Crippen molar-refractivity contribution in [2.45, 2.75) is 32.9 Å². The molecule has 0 unspecified atom stereocenters. The number of aryl methyl sites for hydroxylation is 2. The molecule has 0 aliphatic carbocycles. The van der Waals surface area contributed by atoms with Crippen molar-refractivity contribution in [1.82, 2.24) is 20.0 Å². The van der Waals surface area contributed by atoms with Crippen LogP contribution in [0.2, 0.25) is 0 Å². The summed E-state index contributed by atoms with van der Waals surface area (Å²) in [4.78, 5) is 22.3. The van der Waals surface area contributed by atoms with Crippen molar-refractivity contribution < 1.29 is 22.5 Å². The molecule has 4 heterocycles. The smallest absolute Gasteiger partial charge is 0.369 e. The first-order valence-electron chi connectivity index (χ1n) is 10.3. The second kappa shape index (κ2) is 8.64. The minimum atomic E-state index is -4.49. The number of anilines is 2. The molecule has 0 atom stereocenters. The molecule has 4 rings (SSSR count). The largest absolute Gasteiger partial charge is 0.433 e. The number of carbonyl (C=O) groups excluding carboxylic acids is 1. The van der Waals surface area contributed by atoms with Gasteiger partial charge in [-0.25, -0.2) is 14.8 Å². The van der Waals surface area contributed by atoms with Gasteiger partial charge in [-0.3, -0.25) is 0 Å². The Morgan fingerprint density at radius 2 is 1.97 bits per heavy atom. The van der Waals surface area contributed by atoms with Crippen LogP contribution in [0.4, 0.5) is 29.5 Å². The number of carbonyl (C=O) groups is 1. The molecule has 0 spiro atoms. The summed E-state index contributed by atoms with van der Waals surface area (Å²) in [6, 6.07) is 3.63. The minimum absolute atomic E-state index is 0.187. The lowest BCUT2D eigenvalue weighted by atomic mass is 9.97. The number of urea groups is 1. The van der Waals surface area contributed by atoms with Crippen LogP contribution in [0.1, 0.15) is 30.0 Å². The van der Waals surface area contributed by atoms with Crippen molar-refractivity contribution in [3.8, 4) is 0 Å². The summed E-state index contributed by atoms with van der Waals surface area (Å²) in [5.74, 6) is 1.37. The van der Waals surface area contributed by atoms with Gasteiger partial charge in [0.05, 0.1) is 5.52 Å². The second-order valence-electron chi connectivity index (χ2n) is 7.86. The van der Waals surface area contributed by atoms with Crippen LogP contribution in [0.5, 0.6) is 0 Å². The number of amides is 2. The molecular formula is C21H23F3N6O2. The van der Waals surface area contributed by atoms with Crippen molar-refractivity contribution in [3.05, 3.63) is 41.5 Å². The lowest BCUT2D eigenvalue weighted by molar-refractivity contribution is -0.140. The summed E-state index contributed by atoms with van der Waals surface area (Å²) in [7, 11) is 0. The lowest BCUT2D eigenvalue weighted by Crippen LogP contribution is -2.42. The van der Waals surface area contributed by atoms with Crippen LogP contribution < -0.4 is 10.6 Å². The first kappa shape index (κ1) is 21.8. The number of likely N-dealkylation sites (tertiary alicyclic amines) is 1. The van der Waals surface area contributed by atoms with E-state index < -0.39 is 11.9 Å². The highest BCUT2D eigenvalue weighted by Gasteiger charge is 2.32. The van der Waals surface area contributed by atoms with E-state index in [0.29, 0.717) is 53.9 Å². The van der Waals surface area contributed by atoms with E-state index in [2.05, 4.69) is 25.8 Å². The number of halogens is 3. The number of nitrogens with one attached hydrogen (secondary N) is 2. The molecule has 32 heavy (non-hydrogen) atoms. The average Bonchev–Trinajstić information content (AvgIpc) is 3.09. The standard InChI is InChI=1S/C21H23F3N6O2/c1-12-18(13(2)32-29-12)28-20(31)30-9-6-14(7-10-30)11-26-19-15-3-4-17(21(22,23)24)27-16(15)5-8-25-19/h3-5,8,14H,6-7,9-11H2,1-2H3,(H,25,26)(H,28,31). The summed E-state index contributed by atoms with van der Waals surface area (Å²) >= 11 is 0. The number of piperidine rings is 1. The third kappa shape index (κ3) is 4.61. The van der Waals surface area contributed by atoms with Crippen molar-refractivity contribution in [3.63, 3.8) is 0 Å². The predicted molar refractivity (Wildman–Crippen MR) is 112 cm³/mol. The van der Waals surface area contributed by atoms with E-state index in [1.54, 1.807) is 18.7 Å². The van der Waals surface area contributed by atoms with Gasteiger partial charge in [0.2, 0.25) is 0 Å². The van der Waals surface area contributed by atoms with E-state index in [-0.39, 0.29) is 11.5 Å². The highest BCUT2D eigenvalue weighted by Crippen LogP contribution is 2.30. The maximum Gasteiger partial charge on any atom is 0.433 e. The maximum atomic E-state index is 12.9. The molecule has 1 saturated heterocycles. The Kier molecular flexibility index (Phi) is 5.90. The summed E-state index contributed by atoms with van der Waals surface area (Å²) in [6.45, 7) is 5.31. The Labute approximate surface area is 182 Å². The van der Waals surface area contributed by atoms with E-state index >= 15 is 0 Å². The second-order valence-corrected chi connectivity index (χ2v) is 7.86. The topological polar surface area (TPSA) is 96.2 Å². The zero-order chi connectivity index (χ0) is 22.9. The fourth-order valence-corrected chi connectivity index (χ4v) is 3.78. The molecular weight excluding hydrogens is 425 g/mol. The van der Waals surface area contributed by atoms with E-state index in [1.807, 2.05) is 0 Å². The van der Waals surface area contributed by atoms with E-state index in [0.717, 1.165) is 18.9 Å². The first-order chi connectivity index (χ1) is 15.2. The molecule has 0 bridgehead atoms. The van der Waals surface area contributed by atoms with Gasteiger partial charge in [-0.15, -0.1) is 0 Å². The molecule has 1 fully saturated rings. The van der Waals surface area contributed by atoms with Gasteiger partial charge in [-0.1, -0.05) is 5.16 Å². The van der Waals surface area contributed by atoms with Gasteiger partial charge < -0.3 is 20.1 Å². The number of rotatable bonds is 4. The summed E-state index contributed by atoms with van der Waals surface area (Å²) < 4.78 is 43.8. The molecule has 3 aromatic heterocycles. The average molecular weight is 448 g/mol. The van der Waals surface area contributed by atoms with Crippen LogP contribution >= 0.6 is 0 Å². The molecule has 2 N–H and O–H groups in total. The minimum Gasteiger partial charge on any atom is -0.369 e. The molecule has 2 amide bonds. The van der Waals surface area contributed by atoms with E-state index in [1.165, 1.54) is 18.3 Å². The summed E-state index contributed by atoms with van der Waals surface area (Å²) in [6.07, 6.45) is -1.46. The van der Waals surface area contributed by atoms with Crippen molar-refractivity contribution >= 4 is 28.4 Å². The van der Waals surface area contributed by atoms with Gasteiger partial charge in [0.15, 0.2) is 5.76 Å². The number of pyridine rings is 2. The number of hydrogen-bond acceptors (Lipinski definition) is 6. The molecule has 170 valence electrons. The van der Waals surface area contributed by atoms with Crippen LogP contribution in [0.25, 0.3) is 10.9 Å². The van der Waals surface area contributed by atoms with Crippen LogP contribution in [0, 0.1) is 19.8 Å². The lowest BCUT2D eigenvalue weighted by Gasteiger charge is -2.32. The maximum absolute atomic E-state index is 12.9. The third-order valence-electron chi connectivity index (χ3n) is 5.63. The first-order valence-corrected chi connectivity index (χ1v) is 10.3. The Balaban J connectivity index is 1.33. The quantitative estimate of drug-likeness (QED) is 0.605. The monoisotopic (exact) mass is 448 g/mol. The molecule has 0 saturated carbocycles. The molecule has 3 aromatic rings. The molecule has 1 aliphatic rings. The predicted octanol–water partition coefficient (Wildman–Crippen LogP) is 4.61. The molecule has 1 aliphatic heterocycles. The number of fused-ring (bicyclic) bond motifs is 1. The normalized spacial score (nSPS) is 15.2. The Bertz CT molecular complexity index is 1100. The Morgan fingerprint density at radius 3 is 2.62 bits per heavy atom. The number of alkyl halides is 3. The van der Waals surface area contributed by atoms with Crippen molar-refractivity contribution in [1.29, 1.82) is 0 Å². The molecule has 0 radical (unpaired) electrons. The number of nitrogens with zero attached hydrogens (tertiary/aromatic N) is 4. The van der Waals surface area contributed by atoms with Gasteiger partial charge in [0.1, 0.15) is 22.9 Å². The molecule has 11 heteroatoms. The third-order valence-corrected chi connectivity index (χ3v) is 5.63. The zero-order valence-electron chi connectivity index (χ0n) is 17.7. The van der Waals surface area contributed by atoms with Gasteiger partial charge in [-0.05, 0) is 50.8 Å². The molecule has 0 aromatic carbocycles. The summed E-state index contributed by atoms with van der Waals surface area (Å²) in [5.41, 5.74) is 0.546. The summed E-state index contributed by atoms with van der Waals surface area (Å²) in [5, 5.41) is 10.5. The van der Waals surface area contributed by atoms with Crippen molar-refractivity contribution in [2.24, 2.45) is 5.92 Å². The van der Waals surface area contributed by atoms with Crippen LogP contribution in [-0.4, -0.2) is 45.7 Å². The Hall–Kier alpha value is -3.37. The highest BCUT2D eigenvalue weighted by molar-refractivity contribution is 5.90. The fraction of sp³-hybridized carbons (Fsp3) is 0.429. The number of hydrogen-bond donors (Lipinski definition) is 2. The highest BCUT2D eigenvalue weighted by atomic mass is 19.4.